The Morgan fingerprint density at radius 3 is 2.40 bits per heavy atom. The average Bonchev–Trinajstić information content (AvgIpc) is 2.40. The van der Waals surface area contributed by atoms with Crippen LogP contribution in [0.1, 0.15) is 37.5 Å². The topological polar surface area (TPSA) is 35.2 Å². The number of ether oxygens (including phenoxy) is 1. The fourth-order valence-corrected chi connectivity index (χ4v) is 2.23. The lowest BCUT2D eigenvalue weighted by molar-refractivity contribution is 0.297. The molecule has 2 aromatic rings. The Labute approximate surface area is 121 Å². The summed E-state index contributed by atoms with van der Waals surface area (Å²) >= 11 is 0. The molecule has 106 valence electrons. The van der Waals surface area contributed by atoms with Crippen LogP contribution in [-0.2, 0) is 12.0 Å². The fraction of sp³-hybridized carbons (Fsp3) is 0.333. The molecule has 0 aliphatic heterocycles. The molecule has 0 amide bonds. The van der Waals surface area contributed by atoms with E-state index in [9.17, 15) is 0 Å². The van der Waals surface area contributed by atoms with E-state index >= 15 is 0 Å². The van der Waals surface area contributed by atoms with Crippen molar-refractivity contribution < 1.29 is 4.74 Å². The molecule has 0 atom stereocenters. The van der Waals surface area contributed by atoms with Crippen LogP contribution >= 0.6 is 0 Å². The maximum atomic E-state index is 6.03. The lowest BCUT2D eigenvalue weighted by Gasteiger charge is -2.23. The van der Waals surface area contributed by atoms with Gasteiger partial charge in [0.15, 0.2) is 0 Å². The first kappa shape index (κ1) is 14.4. The van der Waals surface area contributed by atoms with E-state index in [1.165, 1.54) is 5.56 Å². The van der Waals surface area contributed by atoms with E-state index in [4.69, 9.17) is 10.5 Å². The van der Waals surface area contributed by atoms with Crippen molar-refractivity contribution in [2.75, 3.05) is 5.73 Å². The first-order valence-electron chi connectivity index (χ1n) is 6.96. The van der Waals surface area contributed by atoms with Crippen LogP contribution in [0.2, 0.25) is 0 Å². The van der Waals surface area contributed by atoms with Crippen molar-refractivity contribution in [2.45, 2.75) is 39.7 Å². The van der Waals surface area contributed by atoms with Crippen molar-refractivity contribution >= 4 is 5.69 Å². The molecule has 2 nitrogen and oxygen atoms in total. The lowest BCUT2D eigenvalue weighted by atomic mass is 9.86. The monoisotopic (exact) mass is 269 g/mol. The molecule has 0 aliphatic carbocycles. The van der Waals surface area contributed by atoms with Gasteiger partial charge in [0.1, 0.15) is 12.4 Å². The molecule has 0 aliphatic rings. The molecule has 0 saturated heterocycles. The van der Waals surface area contributed by atoms with Crippen LogP contribution in [0.15, 0.2) is 42.5 Å². The van der Waals surface area contributed by atoms with Gasteiger partial charge in [0, 0.05) is 5.69 Å². The van der Waals surface area contributed by atoms with Gasteiger partial charge in [-0.25, -0.2) is 0 Å². The summed E-state index contributed by atoms with van der Waals surface area (Å²) in [7, 11) is 0. The van der Waals surface area contributed by atoms with Crippen molar-refractivity contribution in [2.24, 2.45) is 0 Å². The SMILES string of the molecule is Cc1c(N)cccc1COc1ccccc1C(C)(C)C. The van der Waals surface area contributed by atoms with E-state index in [-0.39, 0.29) is 5.41 Å². The van der Waals surface area contributed by atoms with Crippen LogP contribution < -0.4 is 10.5 Å². The normalized spacial score (nSPS) is 11.4. The zero-order chi connectivity index (χ0) is 14.8. The molecule has 20 heavy (non-hydrogen) atoms. The predicted octanol–water partition coefficient (Wildman–Crippen LogP) is 4.45. The summed E-state index contributed by atoms with van der Waals surface area (Å²) < 4.78 is 6.03. The zero-order valence-corrected chi connectivity index (χ0v) is 12.7. The number of benzene rings is 2. The van der Waals surface area contributed by atoms with Crippen LogP contribution in [0, 0.1) is 6.92 Å². The Kier molecular flexibility index (Phi) is 4.03. The van der Waals surface area contributed by atoms with Crippen LogP contribution in [0.4, 0.5) is 5.69 Å². The molecule has 0 fully saturated rings. The molecule has 0 bridgehead atoms. The Morgan fingerprint density at radius 1 is 1.00 bits per heavy atom. The minimum Gasteiger partial charge on any atom is -0.489 e. The molecule has 0 aromatic heterocycles. The van der Waals surface area contributed by atoms with Crippen molar-refractivity contribution in [1.82, 2.24) is 0 Å². The summed E-state index contributed by atoms with van der Waals surface area (Å²) in [5.74, 6) is 0.946. The van der Waals surface area contributed by atoms with E-state index in [1.807, 2.05) is 31.2 Å². The quantitative estimate of drug-likeness (QED) is 0.835. The van der Waals surface area contributed by atoms with Gasteiger partial charge in [-0.1, -0.05) is 51.1 Å². The highest BCUT2D eigenvalue weighted by Crippen LogP contribution is 2.31. The van der Waals surface area contributed by atoms with Crippen molar-refractivity contribution in [3.63, 3.8) is 0 Å². The standard InChI is InChI=1S/C18H23NO/c1-13-14(8-7-10-16(13)19)12-20-17-11-6-5-9-15(17)18(2,3)4/h5-11H,12,19H2,1-4H3. The third-order valence-electron chi connectivity index (χ3n) is 3.57. The average molecular weight is 269 g/mol. The summed E-state index contributed by atoms with van der Waals surface area (Å²) in [6.45, 7) is 9.16. The van der Waals surface area contributed by atoms with Gasteiger partial charge in [0.25, 0.3) is 0 Å². The molecule has 0 radical (unpaired) electrons. The number of para-hydroxylation sites is 1. The van der Waals surface area contributed by atoms with Gasteiger partial charge in [0.05, 0.1) is 0 Å². The molecule has 2 heteroatoms. The van der Waals surface area contributed by atoms with Crippen LogP contribution in [-0.4, -0.2) is 0 Å². The maximum Gasteiger partial charge on any atom is 0.123 e. The number of nitrogen functional groups attached to an aromatic ring is 1. The van der Waals surface area contributed by atoms with Crippen molar-refractivity contribution in [3.8, 4) is 5.75 Å². The minimum atomic E-state index is 0.0708. The third kappa shape index (κ3) is 3.13. The summed E-state index contributed by atoms with van der Waals surface area (Å²) in [4.78, 5) is 0. The Hall–Kier alpha value is -1.96. The van der Waals surface area contributed by atoms with E-state index < -0.39 is 0 Å². The van der Waals surface area contributed by atoms with Crippen molar-refractivity contribution in [1.29, 1.82) is 0 Å². The van der Waals surface area contributed by atoms with Crippen molar-refractivity contribution in [3.05, 3.63) is 59.2 Å². The fourth-order valence-electron chi connectivity index (χ4n) is 2.23. The second kappa shape index (κ2) is 5.58. The maximum absolute atomic E-state index is 6.03. The highest BCUT2D eigenvalue weighted by atomic mass is 16.5. The van der Waals surface area contributed by atoms with Crippen LogP contribution in [0.3, 0.4) is 0 Å². The smallest absolute Gasteiger partial charge is 0.123 e. The van der Waals surface area contributed by atoms with Gasteiger partial charge < -0.3 is 10.5 Å². The van der Waals surface area contributed by atoms with Gasteiger partial charge in [0.2, 0.25) is 0 Å². The molecule has 0 spiro atoms. The van der Waals surface area contributed by atoms with Gasteiger partial charge in [-0.3, -0.25) is 0 Å². The molecular weight excluding hydrogens is 246 g/mol. The minimum absolute atomic E-state index is 0.0708. The van der Waals surface area contributed by atoms with Gasteiger partial charge >= 0.3 is 0 Å². The third-order valence-corrected chi connectivity index (χ3v) is 3.57. The molecule has 0 unspecified atom stereocenters. The van der Waals surface area contributed by atoms with Gasteiger partial charge in [-0.05, 0) is 41.2 Å². The summed E-state index contributed by atoms with van der Waals surface area (Å²) in [5.41, 5.74) is 10.3. The van der Waals surface area contributed by atoms with Crippen LogP contribution in [0.5, 0.6) is 5.75 Å². The molecule has 2 N–H and O–H groups in total. The summed E-state index contributed by atoms with van der Waals surface area (Å²) in [5, 5.41) is 0. The largest absolute Gasteiger partial charge is 0.489 e. The second-order valence-corrected chi connectivity index (χ2v) is 6.17. The van der Waals surface area contributed by atoms with E-state index in [1.54, 1.807) is 0 Å². The van der Waals surface area contributed by atoms with Crippen LogP contribution in [0.25, 0.3) is 0 Å². The first-order chi connectivity index (χ1) is 9.39. The molecule has 2 aromatic carbocycles. The van der Waals surface area contributed by atoms with Gasteiger partial charge in [-0.15, -0.1) is 0 Å². The molecule has 2 rings (SSSR count). The second-order valence-electron chi connectivity index (χ2n) is 6.17. The molecule has 0 saturated carbocycles. The molecule has 0 heterocycles. The van der Waals surface area contributed by atoms with Gasteiger partial charge in [-0.2, -0.15) is 0 Å². The van der Waals surface area contributed by atoms with E-state index in [0.717, 1.165) is 22.6 Å². The van der Waals surface area contributed by atoms with E-state index in [2.05, 4.69) is 39.0 Å². The highest BCUT2D eigenvalue weighted by Gasteiger charge is 2.18. The van der Waals surface area contributed by atoms with E-state index in [0.29, 0.717) is 6.61 Å². The number of anilines is 1. The number of nitrogens with two attached hydrogens (primary N) is 1. The summed E-state index contributed by atoms with van der Waals surface area (Å²) in [6, 6.07) is 14.2. The Bertz CT molecular complexity index is 597. The first-order valence-corrected chi connectivity index (χ1v) is 6.96. The lowest BCUT2D eigenvalue weighted by Crippen LogP contribution is -2.13. The number of rotatable bonds is 3. The number of hydrogen-bond acceptors (Lipinski definition) is 2. The number of hydrogen-bond donors (Lipinski definition) is 1. The zero-order valence-electron chi connectivity index (χ0n) is 12.7. The summed E-state index contributed by atoms with van der Waals surface area (Å²) in [6.07, 6.45) is 0. The highest BCUT2D eigenvalue weighted by molar-refractivity contribution is 5.50. The Balaban J connectivity index is 2.22. The predicted molar refractivity (Wildman–Crippen MR) is 85.1 cm³/mol. The molecular formula is C18H23NO. The Morgan fingerprint density at radius 2 is 1.70 bits per heavy atom.